The van der Waals surface area contributed by atoms with Crippen molar-refractivity contribution in [1.29, 1.82) is 0 Å². The lowest BCUT2D eigenvalue weighted by atomic mass is 9.96. The first kappa shape index (κ1) is 11.6. The summed E-state index contributed by atoms with van der Waals surface area (Å²) < 4.78 is 0. The largest absolute Gasteiger partial charge is 0.481 e. The van der Waals surface area contributed by atoms with E-state index in [2.05, 4.69) is 11.8 Å². The van der Waals surface area contributed by atoms with Crippen LogP contribution in [0.4, 0.5) is 0 Å². The molecule has 2 nitrogen and oxygen atoms in total. The van der Waals surface area contributed by atoms with Crippen LogP contribution in [0.1, 0.15) is 24.8 Å². The average molecular weight is 223 g/mol. The number of hydrogen-bond acceptors (Lipinski definition) is 1. The molecule has 0 amide bonds. The van der Waals surface area contributed by atoms with E-state index in [-0.39, 0.29) is 0 Å². The van der Waals surface area contributed by atoms with Crippen molar-refractivity contribution in [1.82, 2.24) is 0 Å². The zero-order valence-electron chi connectivity index (χ0n) is 8.33. The molecule has 0 fully saturated rings. The molecule has 0 saturated carbocycles. The first-order valence-electron chi connectivity index (χ1n) is 4.53. The normalized spacial score (nSPS) is 11.3. The van der Waals surface area contributed by atoms with Crippen molar-refractivity contribution in [2.75, 3.05) is 0 Å². The highest BCUT2D eigenvalue weighted by Crippen LogP contribution is 2.21. The molecule has 15 heavy (non-hydrogen) atoms. The third kappa shape index (κ3) is 3.30. The maximum atomic E-state index is 11.0. The Bertz CT molecular complexity index is 398. The van der Waals surface area contributed by atoms with E-state index in [9.17, 15) is 4.79 Å². The van der Waals surface area contributed by atoms with Crippen LogP contribution in [-0.2, 0) is 4.79 Å². The fraction of sp³-hybridized carbons (Fsp3) is 0.250. The highest BCUT2D eigenvalue weighted by atomic mass is 35.5. The number of carboxylic acids is 1. The van der Waals surface area contributed by atoms with Crippen LogP contribution in [0.5, 0.6) is 0 Å². The minimum Gasteiger partial charge on any atom is -0.481 e. The highest BCUT2D eigenvalue weighted by Gasteiger charge is 2.18. The van der Waals surface area contributed by atoms with Gasteiger partial charge in [-0.25, -0.2) is 0 Å². The van der Waals surface area contributed by atoms with E-state index in [0.717, 1.165) is 5.56 Å². The smallest absolute Gasteiger partial charge is 0.311 e. The van der Waals surface area contributed by atoms with Gasteiger partial charge in [0, 0.05) is 11.4 Å². The van der Waals surface area contributed by atoms with Crippen LogP contribution >= 0.6 is 11.6 Å². The molecule has 1 atom stereocenters. The van der Waals surface area contributed by atoms with Crippen LogP contribution in [0.25, 0.3) is 0 Å². The summed E-state index contributed by atoms with van der Waals surface area (Å²) in [6.45, 7) is 1.70. The molecule has 0 saturated heterocycles. The molecule has 1 N–H and O–H groups in total. The maximum Gasteiger partial charge on any atom is 0.311 e. The summed E-state index contributed by atoms with van der Waals surface area (Å²) in [5.41, 5.74) is 0.731. The maximum absolute atomic E-state index is 11.0. The number of rotatable bonds is 3. The molecule has 0 aliphatic heterocycles. The molecule has 3 heteroatoms. The van der Waals surface area contributed by atoms with Gasteiger partial charge in [-0.1, -0.05) is 23.7 Å². The highest BCUT2D eigenvalue weighted by molar-refractivity contribution is 6.30. The lowest BCUT2D eigenvalue weighted by molar-refractivity contribution is -0.138. The summed E-state index contributed by atoms with van der Waals surface area (Å²) in [5.74, 6) is 4.04. The van der Waals surface area contributed by atoms with Gasteiger partial charge in [0.2, 0.25) is 0 Å². The topological polar surface area (TPSA) is 37.3 Å². The van der Waals surface area contributed by atoms with Crippen LogP contribution in [0.2, 0.25) is 5.02 Å². The van der Waals surface area contributed by atoms with Gasteiger partial charge in [0.25, 0.3) is 0 Å². The second-order valence-corrected chi connectivity index (χ2v) is 3.51. The zero-order valence-corrected chi connectivity index (χ0v) is 9.08. The van der Waals surface area contributed by atoms with E-state index in [1.54, 1.807) is 31.2 Å². The van der Waals surface area contributed by atoms with Crippen LogP contribution in [0, 0.1) is 11.8 Å². The number of benzene rings is 1. The molecule has 1 rings (SSSR count). The van der Waals surface area contributed by atoms with Gasteiger partial charge in [-0.15, -0.1) is 11.8 Å². The van der Waals surface area contributed by atoms with Gasteiger partial charge >= 0.3 is 5.97 Å². The van der Waals surface area contributed by atoms with Crippen LogP contribution in [-0.4, -0.2) is 11.1 Å². The predicted octanol–water partition coefficient (Wildman–Crippen LogP) is 2.92. The molecule has 1 aromatic rings. The molecule has 0 aliphatic rings. The molecular formula is C12H11ClO2. The number of carboxylic acid groups (broad SMARTS) is 1. The van der Waals surface area contributed by atoms with Crippen molar-refractivity contribution in [3.05, 3.63) is 34.9 Å². The molecule has 0 aliphatic carbocycles. The molecule has 0 bridgehead atoms. The Morgan fingerprint density at radius 3 is 2.53 bits per heavy atom. The first-order chi connectivity index (χ1) is 7.15. The lowest BCUT2D eigenvalue weighted by Crippen LogP contribution is -2.10. The van der Waals surface area contributed by atoms with Gasteiger partial charge < -0.3 is 5.11 Å². The van der Waals surface area contributed by atoms with Gasteiger partial charge in [-0.3, -0.25) is 4.79 Å². The molecule has 0 spiro atoms. The molecular weight excluding hydrogens is 212 g/mol. The van der Waals surface area contributed by atoms with Gasteiger partial charge in [-0.2, -0.15) is 0 Å². The van der Waals surface area contributed by atoms with E-state index in [1.807, 2.05) is 0 Å². The van der Waals surface area contributed by atoms with Crippen LogP contribution < -0.4 is 0 Å². The fourth-order valence-electron chi connectivity index (χ4n) is 1.25. The SMILES string of the molecule is CC#CCC(C(=O)O)c1ccc(Cl)cc1. The Hall–Kier alpha value is -1.46. The van der Waals surface area contributed by atoms with E-state index in [1.165, 1.54) is 0 Å². The summed E-state index contributed by atoms with van der Waals surface area (Å²) in [6, 6.07) is 6.81. The molecule has 78 valence electrons. The third-order valence-electron chi connectivity index (χ3n) is 2.05. The Morgan fingerprint density at radius 2 is 2.07 bits per heavy atom. The van der Waals surface area contributed by atoms with Crippen molar-refractivity contribution in [2.45, 2.75) is 19.3 Å². The quantitative estimate of drug-likeness (QED) is 0.799. The molecule has 0 radical (unpaired) electrons. The van der Waals surface area contributed by atoms with Gasteiger partial charge in [0.1, 0.15) is 0 Å². The Labute approximate surface area is 93.9 Å². The van der Waals surface area contributed by atoms with Gasteiger partial charge in [-0.05, 0) is 24.6 Å². The molecule has 0 heterocycles. The average Bonchev–Trinajstić information content (AvgIpc) is 2.21. The van der Waals surface area contributed by atoms with Gasteiger partial charge in [0.05, 0.1) is 5.92 Å². The number of hydrogen-bond donors (Lipinski definition) is 1. The number of aliphatic carboxylic acids is 1. The van der Waals surface area contributed by atoms with Crippen molar-refractivity contribution in [3.8, 4) is 11.8 Å². The molecule has 1 aromatic carbocycles. The van der Waals surface area contributed by atoms with E-state index >= 15 is 0 Å². The van der Waals surface area contributed by atoms with Crippen molar-refractivity contribution < 1.29 is 9.90 Å². The summed E-state index contributed by atoms with van der Waals surface area (Å²) in [7, 11) is 0. The fourth-order valence-corrected chi connectivity index (χ4v) is 1.37. The second kappa shape index (κ2) is 5.43. The van der Waals surface area contributed by atoms with Crippen molar-refractivity contribution in [2.24, 2.45) is 0 Å². The first-order valence-corrected chi connectivity index (χ1v) is 4.91. The third-order valence-corrected chi connectivity index (χ3v) is 2.31. The van der Waals surface area contributed by atoms with Crippen LogP contribution in [0.15, 0.2) is 24.3 Å². The predicted molar refractivity (Wildman–Crippen MR) is 59.9 cm³/mol. The minimum absolute atomic E-state index is 0.327. The number of halogens is 1. The molecule has 0 aromatic heterocycles. The summed E-state index contributed by atoms with van der Waals surface area (Å²) in [5, 5.41) is 9.62. The minimum atomic E-state index is -0.861. The van der Waals surface area contributed by atoms with Gasteiger partial charge in [0.15, 0.2) is 0 Å². The van der Waals surface area contributed by atoms with Crippen molar-refractivity contribution >= 4 is 17.6 Å². The van der Waals surface area contributed by atoms with E-state index < -0.39 is 11.9 Å². The van der Waals surface area contributed by atoms with E-state index in [4.69, 9.17) is 16.7 Å². The summed E-state index contributed by atoms with van der Waals surface area (Å²) in [6.07, 6.45) is 0.327. The van der Waals surface area contributed by atoms with E-state index in [0.29, 0.717) is 11.4 Å². The Balaban J connectivity index is 2.92. The van der Waals surface area contributed by atoms with Crippen molar-refractivity contribution in [3.63, 3.8) is 0 Å². The second-order valence-electron chi connectivity index (χ2n) is 3.07. The Kier molecular flexibility index (Phi) is 4.20. The number of carbonyl (C=O) groups is 1. The summed E-state index contributed by atoms with van der Waals surface area (Å²) in [4.78, 5) is 11.0. The van der Waals surface area contributed by atoms with Crippen LogP contribution in [0.3, 0.4) is 0 Å². The summed E-state index contributed by atoms with van der Waals surface area (Å²) >= 11 is 5.72. The lowest BCUT2D eigenvalue weighted by Gasteiger charge is -2.08. The Morgan fingerprint density at radius 1 is 1.47 bits per heavy atom. The zero-order chi connectivity index (χ0) is 11.3. The monoisotopic (exact) mass is 222 g/mol. The standard InChI is InChI=1S/C12H11ClO2/c1-2-3-4-11(12(14)15)9-5-7-10(13)8-6-9/h5-8,11H,4H2,1H3,(H,14,15). The molecule has 1 unspecified atom stereocenters.